The van der Waals surface area contributed by atoms with E-state index in [1.54, 1.807) is 0 Å². The number of likely N-dealkylation sites (N-methyl/N-ethyl adjacent to an activating group) is 1. The normalized spacial score (nSPS) is 26.1. The van der Waals surface area contributed by atoms with Crippen LogP contribution in [0.2, 0.25) is 0 Å². The third kappa shape index (κ3) is 4.53. The molecule has 0 aromatic heterocycles. The van der Waals surface area contributed by atoms with Crippen molar-refractivity contribution in [2.75, 3.05) is 38.6 Å². The monoisotopic (exact) mass is 304 g/mol. The van der Waals surface area contributed by atoms with Gasteiger partial charge in [0.05, 0.1) is 0 Å². The lowest BCUT2D eigenvalue weighted by atomic mass is 9.81. The van der Waals surface area contributed by atoms with E-state index in [9.17, 15) is 0 Å². The molecule has 2 unspecified atom stereocenters. The Morgan fingerprint density at radius 2 is 1.94 bits per heavy atom. The first-order valence-corrected chi connectivity index (χ1v) is 7.99. The summed E-state index contributed by atoms with van der Waals surface area (Å²) in [6, 6.07) is 0.750. The van der Waals surface area contributed by atoms with Crippen LogP contribution < -0.4 is 0 Å². The van der Waals surface area contributed by atoms with E-state index in [0.717, 1.165) is 17.3 Å². The quantitative estimate of drug-likeness (QED) is 0.737. The molecule has 1 aliphatic heterocycles. The smallest absolute Gasteiger partial charge is 0.0218 e. The molecule has 1 aliphatic rings. The van der Waals surface area contributed by atoms with Crippen molar-refractivity contribution in [3.8, 4) is 0 Å². The van der Waals surface area contributed by atoms with Gasteiger partial charge in [0.2, 0.25) is 0 Å². The Hall–Kier alpha value is 0.400. The van der Waals surface area contributed by atoms with Gasteiger partial charge in [0, 0.05) is 37.6 Å². The van der Waals surface area contributed by atoms with Crippen LogP contribution >= 0.6 is 15.9 Å². The minimum Gasteiger partial charge on any atom is -0.301 e. The molecule has 0 N–H and O–H groups in total. The van der Waals surface area contributed by atoms with Crippen LogP contribution in [-0.2, 0) is 0 Å². The summed E-state index contributed by atoms with van der Waals surface area (Å²) in [5.74, 6) is 0.739. The Balaban J connectivity index is 2.51. The van der Waals surface area contributed by atoms with Crippen molar-refractivity contribution in [3.63, 3.8) is 0 Å². The van der Waals surface area contributed by atoms with Crippen molar-refractivity contribution < 1.29 is 0 Å². The zero-order chi connectivity index (χ0) is 13.1. The van der Waals surface area contributed by atoms with E-state index in [0.29, 0.717) is 5.41 Å². The highest BCUT2D eigenvalue weighted by Crippen LogP contribution is 2.29. The van der Waals surface area contributed by atoms with Gasteiger partial charge in [0.15, 0.2) is 0 Å². The molecule has 1 saturated heterocycles. The van der Waals surface area contributed by atoms with Gasteiger partial charge in [-0.2, -0.15) is 0 Å². The third-order valence-corrected chi connectivity index (χ3v) is 5.00. The highest BCUT2D eigenvalue weighted by Gasteiger charge is 2.29. The standard InChI is InChI=1S/C14H29BrN2/c1-6-13-11-17(8-7-16(13)5)10-12(9-15)14(2,3)4/h12-13H,6-11H2,1-5H3. The molecule has 1 rings (SSSR count). The minimum absolute atomic E-state index is 0.397. The SMILES string of the molecule is CCC1CN(CC(CBr)C(C)(C)C)CCN1C. The van der Waals surface area contributed by atoms with Crippen LogP contribution in [0.5, 0.6) is 0 Å². The molecule has 0 saturated carbocycles. The summed E-state index contributed by atoms with van der Waals surface area (Å²) in [5.41, 5.74) is 0.397. The summed E-state index contributed by atoms with van der Waals surface area (Å²) in [4.78, 5) is 5.17. The summed E-state index contributed by atoms with van der Waals surface area (Å²) in [6.07, 6.45) is 1.27. The first kappa shape index (κ1) is 15.5. The second kappa shape index (κ2) is 6.53. The van der Waals surface area contributed by atoms with Crippen molar-refractivity contribution in [3.05, 3.63) is 0 Å². The summed E-state index contributed by atoms with van der Waals surface area (Å²) in [6.45, 7) is 14.3. The molecule has 0 aliphatic carbocycles. The first-order valence-electron chi connectivity index (χ1n) is 6.87. The van der Waals surface area contributed by atoms with Gasteiger partial charge in [-0.15, -0.1) is 0 Å². The predicted octanol–water partition coefficient (Wildman–Crippen LogP) is 3.07. The highest BCUT2D eigenvalue weighted by atomic mass is 79.9. The van der Waals surface area contributed by atoms with Gasteiger partial charge in [-0.1, -0.05) is 43.6 Å². The Kier molecular flexibility index (Phi) is 5.94. The molecule has 0 spiro atoms. The van der Waals surface area contributed by atoms with Crippen molar-refractivity contribution in [1.29, 1.82) is 0 Å². The fourth-order valence-corrected chi connectivity index (χ4v) is 3.66. The number of piperazine rings is 1. The number of halogens is 1. The maximum Gasteiger partial charge on any atom is 0.0218 e. The van der Waals surface area contributed by atoms with Crippen LogP contribution in [0.25, 0.3) is 0 Å². The molecule has 1 fully saturated rings. The lowest BCUT2D eigenvalue weighted by Gasteiger charge is -2.42. The molecule has 2 atom stereocenters. The van der Waals surface area contributed by atoms with Crippen molar-refractivity contribution in [1.82, 2.24) is 9.80 Å². The van der Waals surface area contributed by atoms with Gasteiger partial charge in [0.1, 0.15) is 0 Å². The summed E-state index contributed by atoms with van der Waals surface area (Å²) in [7, 11) is 2.26. The molecular weight excluding hydrogens is 276 g/mol. The first-order chi connectivity index (χ1) is 7.88. The molecule has 0 aromatic carbocycles. The molecule has 0 aromatic rings. The van der Waals surface area contributed by atoms with Crippen molar-refractivity contribution in [2.45, 2.75) is 40.2 Å². The van der Waals surface area contributed by atoms with Crippen LogP contribution in [0.1, 0.15) is 34.1 Å². The molecule has 17 heavy (non-hydrogen) atoms. The van der Waals surface area contributed by atoms with E-state index in [-0.39, 0.29) is 0 Å². The third-order valence-electron chi connectivity index (χ3n) is 4.22. The zero-order valence-corrected chi connectivity index (χ0v) is 13.8. The fourth-order valence-electron chi connectivity index (χ4n) is 2.48. The van der Waals surface area contributed by atoms with Gasteiger partial charge in [-0.05, 0) is 24.8 Å². The van der Waals surface area contributed by atoms with Gasteiger partial charge >= 0.3 is 0 Å². The maximum absolute atomic E-state index is 3.69. The summed E-state index contributed by atoms with van der Waals surface area (Å²) in [5, 5.41) is 1.11. The molecule has 0 radical (unpaired) electrons. The van der Waals surface area contributed by atoms with Crippen molar-refractivity contribution >= 4 is 15.9 Å². The summed E-state index contributed by atoms with van der Waals surface area (Å²) < 4.78 is 0. The van der Waals surface area contributed by atoms with Gasteiger partial charge < -0.3 is 9.80 Å². The van der Waals surface area contributed by atoms with E-state index >= 15 is 0 Å². The summed E-state index contributed by atoms with van der Waals surface area (Å²) >= 11 is 3.69. The van der Waals surface area contributed by atoms with Gasteiger partial charge in [0.25, 0.3) is 0 Å². The van der Waals surface area contributed by atoms with E-state index in [1.165, 1.54) is 32.6 Å². The second-order valence-electron chi connectivity index (χ2n) is 6.52. The topological polar surface area (TPSA) is 6.48 Å². The molecular formula is C14H29BrN2. The number of nitrogens with zero attached hydrogens (tertiary/aromatic N) is 2. The largest absolute Gasteiger partial charge is 0.301 e. The number of hydrogen-bond donors (Lipinski definition) is 0. The maximum atomic E-state index is 3.69. The predicted molar refractivity (Wildman–Crippen MR) is 79.9 cm³/mol. The zero-order valence-electron chi connectivity index (χ0n) is 12.2. The molecule has 1 heterocycles. The molecule has 0 amide bonds. The van der Waals surface area contributed by atoms with Gasteiger partial charge in [-0.25, -0.2) is 0 Å². The Morgan fingerprint density at radius 1 is 1.29 bits per heavy atom. The molecule has 3 heteroatoms. The van der Waals surface area contributed by atoms with E-state index in [4.69, 9.17) is 0 Å². The molecule has 0 bridgehead atoms. The Labute approximate surface area is 116 Å². The number of hydrogen-bond acceptors (Lipinski definition) is 2. The second-order valence-corrected chi connectivity index (χ2v) is 7.17. The number of alkyl halides is 1. The average molecular weight is 305 g/mol. The van der Waals surface area contributed by atoms with Crippen LogP contribution in [0, 0.1) is 11.3 Å². The lowest BCUT2D eigenvalue weighted by molar-refractivity contribution is 0.0677. The van der Waals surface area contributed by atoms with Crippen LogP contribution in [0.3, 0.4) is 0 Å². The lowest BCUT2D eigenvalue weighted by Crippen LogP contribution is -2.53. The van der Waals surface area contributed by atoms with Crippen LogP contribution in [0.15, 0.2) is 0 Å². The van der Waals surface area contributed by atoms with Crippen LogP contribution in [-0.4, -0.2) is 54.4 Å². The molecule has 2 nitrogen and oxygen atoms in total. The molecule has 102 valence electrons. The average Bonchev–Trinajstić information content (AvgIpc) is 2.26. The Bertz CT molecular complexity index is 225. The van der Waals surface area contributed by atoms with E-state index in [1.807, 2.05) is 0 Å². The van der Waals surface area contributed by atoms with Crippen molar-refractivity contribution in [2.24, 2.45) is 11.3 Å². The highest BCUT2D eigenvalue weighted by molar-refractivity contribution is 9.09. The Morgan fingerprint density at radius 3 is 2.41 bits per heavy atom. The van der Waals surface area contributed by atoms with Gasteiger partial charge in [-0.3, -0.25) is 0 Å². The fraction of sp³-hybridized carbons (Fsp3) is 1.00. The van der Waals surface area contributed by atoms with E-state index < -0.39 is 0 Å². The van der Waals surface area contributed by atoms with E-state index in [2.05, 4.69) is 60.5 Å². The van der Waals surface area contributed by atoms with Crippen LogP contribution in [0.4, 0.5) is 0 Å². The number of rotatable bonds is 4. The minimum atomic E-state index is 0.397.